The Balaban J connectivity index is 1.83. The zero-order valence-corrected chi connectivity index (χ0v) is 12.5. The standard InChI is InChI=1S/C15H17BrN2O/c1-10-17-15(14(19)18(10)2)8-7-12(9-15)11-3-5-13(16)6-4-11/h3-6,12,17H,1,7-9H2,2H3/t12-,15-/m0/s1. The van der Waals surface area contributed by atoms with Gasteiger partial charge < -0.3 is 10.2 Å². The molecule has 1 aromatic rings. The lowest BCUT2D eigenvalue weighted by atomic mass is 9.92. The summed E-state index contributed by atoms with van der Waals surface area (Å²) in [6, 6.07) is 8.42. The molecule has 2 atom stereocenters. The zero-order chi connectivity index (χ0) is 13.6. The Morgan fingerprint density at radius 2 is 2.11 bits per heavy atom. The average molecular weight is 321 g/mol. The van der Waals surface area contributed by atoms with Crippen LogP contribution in [0.5, 0.6) is 0 Å². The number of carbonyl (C=O) groups excluding carboxylic acids is 1. The van der Waals surface area contributed by atoms with Crippen molar-refractivity contribution in [2.24, 2.45) is 0 Å². The molecule has 1 saturated heterocycles. The van der Waals surface area contributed by atoms with Crippen LogP contribution >= 0.6 is 15.9 Å². The van der Waals surface area contributed by atoms with E-state index < -0.39 is 5.54 Å². The van der Waals surface area contributed by atoms with Crippen molar-refractivity contribution in [2.45, 2.75) is 30.7 Å². The lowest BCUT2D eigenvalue weighted by Gasteiger charge is -2.21. The molecule has 3 nitrogen and oxygen atoms in total. The lowest BCUT2D eigenvalue weighted by molar-refractivity contribution is -0.130. The number of benzene rings is 1. The molecule has 1 heterocycles. The van der Waals surface area contributed by atoms with Crippen molar-refractivity contribution < 1.29 is 4.79 Å². The van der Waals surface area contributed by atoms with E-state index in [2.05, 4.69) is 52.1 Å². The van der Waals surface area contributed by atoms with Crippen LogP contribution in [0.25, 0.3) is 0 Å². The summed E-state index contributed by atoms with van der Waals surface area (Å²) >= 11 is 3.45. The molecule has 2 fully saturated rings. The van der Waals surface area contributed by atoms with Crippen molar-refractivity contribution in [3.05, 3.63) is 46.7 Å². The van der Waals surface area contributed by atoms with Gasteiger partial charge in [0.25, 0.3) is 5.91 Å². The minimum atomic E-state index is -0.413. The van der Waals surface area contributed by atoms with E-state index >= 15 is 0 Å². The third-order valence-corrected chi connectivity index (χ3v) is 4.89. The van der Waals surface area contributed by atoms with Gasteiger partial charge in [0.1, 0.15) is 11.4 Å². The summed E-state index contributed by atoms with van der Waals surface area (Å²) in [5.74, 6) is 1.34. The molecule has 19 heavy (non-hydrogen) atoms. The predicted molar refractivity (Wildman–Crippen MR) is 78.5 cm³/mol. The molecule has 0 unspecified atom stereocenters. The van der Waals surface area contributed by atoms with E-state index in [1.54, 1.807) is 11.9 Å². The highest BCUT2D eigenvalue weighted by Gasteiger charge is 2.51. The lowest BCUT2D eigenvalue weighted by Crippen LogP contribution is -2.43. The Hall–Kier alpha value is -1.29. The van der Waals surface area contributed by atoms with Gasteiger partial charge >= 0.3 is 0 Å². The maximum absolute atomic E-state index is 12.4. The quantitative estimate of drug-likeness (QED) is 0.862. The Bertz CT molecular complexity index is 540. The van der Waals surface area contributed by atoms with E-state index in [1.165, 1.54) is 5.56 Å². The number of nitrogens with zero attached hydrogens (tertiary/aromatic N) is 1. The Labute approximate surface area is 121 Å². The summed E-state index contributed by atoms with van der Waals surface area (Å²) in [4.78, 5) is 14.0. The molecular formula is C15H17BrN2O. The molecule has 1 aliphatic heterocycles. The molecule has 1 N–H and O–H groups in total. The number of hydrogen-bond acceptors (Lipinski definition) is 2. The highest BCUT2D eigenvalue weighted by Crippen LogP contribution is 2.44. The van der Waals surface area contributed by atoms with Gasteiger partial charge in [-0.05, 0) is 42.9 Å². The largest absolute Gasteiger partial charge is 0.358 e. The number of halogens is 1. The first-order chi connectivity index (χ1) is 9.02. The zero-order valence-electron chi connectivity index (χ0n) is 10.9. The summed E-state index contributed by atoms with van der Waals surface area (Å²) in [7, 11) is 1.79. The van der Waals surface area contributed by atoms with E-state index in [4.69, 9.17) is 0 Å². The SMILES string of the molecule is C=C1N[C@]2(CC[C@H](c3ccc(Br)cc3)C2)C(=O)N1C. The van der Waals surface area contributed by atoms with Gasteiger partial charge in [0.05, 0.1) is 0 Å². The van der Waals surface area contributed by atoms with Crippen LogP contribution in [0.3, 0.4) is 0 Å². The molecule has 1 saturated carbocycles. The second kappa shape index (κ2) is 4.37. The fourth-order valence-electron chi connectivity index (χ4n) is 3.23. The number of likely N-dealkylation sites (N-methyl/N-ethyl adjacent to an activating group) is 1. The summed E-state index contributed by atoms with van der Waals surface area (Å²) in [6.45, 7) is 3.90. The number of rotatable bonds is 1. The minimum Gasteiger partial charge on any atom is -0.358 e. The molecule has 3 rings (SSSR count). The number of carbonyl (C=O) groups is 1. The molecule has 0 aromatic heterocycles. The van der Waals surface area contributed by atoms with E-state index in [1.807, 2.05) is 0 Å². The van der Waals surface area contributed by atoms with E-state index in [-0.39, 0.29) is 5.91 Å². The van der Waals surface area contributed by atoms with Gasteiger partial charge in [-0.25, -0.2) is 0 Å². The second-order valence-electron chi connectivity index (χ2n) is 5.51. The van der Waals surface area contributed by atoms with Crippen molar-refractivity contribution in [1.29, 1.82) is 0 Å². The molecule has 100 valence electrons. The fraction of sp³-hybridized carbons (Fsp3) is 0.400. The van der Waals surface area contributed by atoms with Crippen LogP contribution in [0.2, 0.25) is 0 Å². The first-order valence-electron chi connectivity index (χ1n) is 6.52. The minimum absolute atomic E-state index is 0.164. The van der Waals surface area contributed by atoms with Gasteiger partial charge in [0.2, 0.25) is 0 Å². The molecule has 1 amide bonds. The van der Waals surface area contributed by atoms with Crippen LogP contribution < -0.4 is 5.32 Å². The van der Waals surface area contributed by atoms with Crippen LogP contribution in [0, 0.1) is 0 Å². The third-order valence-electron chi connectivity index (χ3n) is 4.36. The Kier molecular flexibility index (Phi) is 2.93. The van der Waals surface area contributed by atoms with E-state index in [0.29, 0.717) is 5.92 Å². The number of hydrogen-bond donors (Lipinski definition) is 1. The molecule has 2 aliphatic rings. The van der Waals surface area contributed by atoms with Crippen LogP contribution in [0.15, 0.2) is 41.1 Å². The first-order valence-corrected chi connectivity index (χ1v) is 7.32. The van der Waals surface area contributed by atoms with Crippen molar-refractivity contribution >= 4 is 21.8 Å². The first kappa shape index (κ1) is 12.7. The molecule has 1 aromatic carbocycles. The number of amides is 1. The number of nitrogens with one attached hydrogen (secondary N) is 1. The van der Waals surface area contributed by atoms with Crippen molar-refractivity contribution in [2.75, 3.05) is 7.05 Å². The predicted octanol–water partition coefficient (Wildman–Crippen LogP) is 2.99. The second-order valence-corrected chi connectivity index (χ2v) is 6.42. The summed E-state index contributed by atoms with van der Waals surface area (Å²) in [6.07, 6.45) is 2.79. The molecule has 1 spiro atoms. The van der Waals surface area contributed by atoms with Crippen LogP contribution in [-0.4, -0.2) is 23.4 Å². The molecule has 1 aliphatic carbocycles. The van der Waals surface area contributed by atoms with E-state index in [0.717, 1.165) is 29.6 Å². The van der Waals surface area contributed by atoms with E-state index in [9.17, 15) is 4.79 Å². The van der Waals surface area contributed by atoms with Crippen molar-refractivity contribution in [1.82, 2.24) is 10.2 Å². The van der Waals surface area contributed by atoms with Gasteiger partial charge in [-0.3, -0.25) is 4.79 Å². The smallest absolute Gasteiger partial charge is 0.253 e. The highest BCUT2D eigenvalue weighted by molar-refractivity contribution is 9.10. The van der Waals surface area contributed by atoms with Gasteiger partial charge in [-0.2, -0.15) is 0 Å². The maximum atomic E-state index is 12.4. The summed E-state index contributed by atoms with van der Waals surface area (Å²) in [5.41, 5.74) is 0.902. The van der Waals surface area contributed by atoms with Crippen LogP contribution in [0.4, 0.5) is 0 Å². The molecular weight excluding hydrogens is 304 g/mol. The normalized spacial score (nSPS) is 30.2. The Morgan fingerprint density at radius 3 is 2.68 bits per heavy atom. The van der Waals surface area contributed by atoms with Gasteiger partial charge in [0, 0.05) is 11.5 Å². The van der Waals surface area contributed by atoms with Gasteiger partial charge in [0.15, 0.2) is 0 Å². The van der Waals surface area contributed by atoms with Gasteiger partial charge in [-0.1, -0.05) is 34.6 Å². The molecule has 0 radical (unpaired) electrons. The van der Waals surface area contributed by atoms with Gasteiger partial charge in [-0.15, -0.1) is 0 Å². The topological polar surface area (TPSA) is 32.3 Å². The molecule has 0 bridgehead atoms. The molecule has 4 heteroatoms. The Morgan fingerprint density at radius 1 is 1.42 bits per heavy atom. The fourth-order valence-corrected chi connectivity index (χ4v) is 3.49. The summed E-state index contributed by atoms with van der Waals surface area (Å²) in [5, 5.41) is 3.31. The van der Waals surface area contributed by atoms with Crippen molar-refractivity contribution in [3.8, 4) is 0 Å². The highest BCUT2D eigenvalue weighted by atomic mass is 79.9. The third kappa shape index (κ3) is 1.98. The van der Waals surface area contributed by atoms with Crippen LogP contribution in [0.1, 0.15) is 30.7 Å². The maximum Gasteiger partial charge on any atom is 0.253 e. The monoisotopic (exact) mass is 320 g/mol. The van der Waals surface area contributed by atoms with Crippen LogP contribution in [-0.2, 0) is 4.79 Å². The summed E-state index contributed by atoms with van der Waals surface area (Å²) < 4.78 is 1.09. The average Bonchev–Trinajstić information content (AvgIpc) is 2.90. The van der Waals surface area contributed by atoms with Crippen molar-refractivity contribution in [3.63, 3.8) is 0 Å².